The molecular weight excluding hydrogens is 696 g/mol. The number of alkyl carbamates (subject to hydrolysis) is 2. The fourth-order valence-corrected chi connectivity index (χ4v) is 5.51. The molecule has 1 fully saturated rings. The van der Waals surface area contributed by atoms with Crippen LogP contribution in [0.25, 0.3) is 0 Å². The van der Waals surface area contributed by atoms with Crippen molar-refractivity contribution in [3.05, 3.63) is 94.2 Å². The molecule has 3 amide bonds. The van der Waals surface area contributed by atoms with Crippen molar-refractivity contribution in [2.75, 3.05) is 39.7 Å². The third-order valence-corrected chi connectivity index (χ3v) is 8.17. The molecule has 1 aliphatic rings. The van der Waals surface area contributed by atoms with Crippen molar-refractivity contribution in [2.45, 2.75) is 50.9 Å². The summed E-state index contributed by atoms with van der Waals surface area (Å²) in [5.41, 5.74) is 15.6. The topological polar surface area (TPSA) is 214 Å². The molecule has 2 aromatic carbocycles. The number of rotatable bonds is 12. The van der Waals surface area contributed by atoms with Crippen molar-refractivity contribution in [3.63, 3.8) is 0 Å². The molecular formula is C39H42N6O9. The summed E-state index contributed by atoms with van der Waals surface area (Å²) in [6.07, 6.45) is 0.874. The summed E-state index contributed by atoms with van der Waals surface area (Å²) in [7, 11) is 2.53. The minimum Gasteiger partial charge on any atom is -0.469 e. The lowest BCUT2D eigenvalue weighted by Crippen LogP contribution is -2.42. The van der Waals surface area contributed by atoms with Crippen molar-refractivity contribution in [3.8, 4) is 23.7 Å². The van der Waals surface area contributed by atoms with Gasteiger partial charge in [-0.1, -0.05) is 47.9 Å². The molecule has 6 N–H and O–H groups in total. The highest BCUT2D eigenvalue weighted by atomic mass is 16.6. The molecule has 0 bridgehead atoms. The summed E-state index contributed by atoms with van der Waals surface area (Å²) in [5.74, 6) is 10.4. The third kappa shape index (κ3) is 12.9. The fraction of sp³-hybridized carbons (Fsp3) is 0.333. The SMILES string of the molecule is COC(=O)Cc1cc(C#CCOC(=O)NCc2ccnc(N)c2)cc(C#CCOC(=O)NC2CC(C(=O)OC)N(C(=O)CCc3ccc(CN)cc3)C2)c1. The van der Waals surface area contributed by atoms with Crippen LogP contribution in [0, 0.1) is 23.7 Å². The van der Waals surface area contributed by atoms with Crippen molar-refractivity contribution in [1.29, 1.82) is 0 Å². The van der Waals surface area contributed by atoms with Crippen LogP contribution in [0.1, 0.15) is 46.2 Å². The Hall–Kier alpha value is -6.58. The zero-order chi connectivity index (χ0) is 38.9. The van der Waals surface area contributed by atoms with E-state index in [1.807, 2.05) is 24.3 Å². The fourth-order valence-electron chi connectivity index (χ4n) is 5.51. The monoisotopic (exact) mass is 738 g/mol. The molecule has 2 atom stereocenters. The van der Waals surface area contributed by atoms with Crippen LogP contribution >= 0.6 is 0 Å². The number of aromatic nitrogens is 1. The standard InChI is InChI=1S/C39H42N6O9/c1-51-36(47)21-31-18-28(5-3-15-53-38(49)43-24-30-13-14-42-34(41)20-30)17-29(19-31)6-4-16-54-39(50)44-32-22-33(37(48)52-2)45(25-32)35(46)12-11-26-7-9-27(23-40)10-8-26/h7-10,13-14,17-20,32-33H,11-12,15-16,21-25,40H2,1-2H3,(H2,41,42)(H,43,49)(H,44,50). The van der Waals surface area contributed by atoms with Gasteiger partial charge in [0, 0.05) is 49.8 Å². The van der Waals surface area contributed by atoms with Crippen LogP contribution in [0.3, 0.4) is 0 Å². The normalized spacial score (nSPS) is 14.3. The summed E-state index contributed by atoms with van der Waals surface area (Å²) in [6.45, 7) is 0.257. The van der Waals surface area contributed by atoms with Crippen LogP contribution in [0.15, 0.2) is 60.8 Å². The molecule has 2 unspecified atom stereocenters. The van der Waals surface area contributed by atoms with Crippen molar-refractivity contribution >= 4 is 35.9 Å². The maximum atomic E-state index is 13.1. The first-order valence-corrected chi connectivity index (χ1v) is 16.9. The molecule has 1 aliphatic heterocycles. The zero-order valence-corrected chi connectivity index (χ0v) is 30.0. The quantitative estimate of drug-likeness (QED) is 0.119. The van der Waals surface area contributed by atoms with E-state index in [4.69, 9.17) is 30.4 Å². The molecule has 0 radical (unpaired) electrons. The number of aryl methyl sites for hydroxylation is 1. The van der Waals surface area contributed by atoms with Gasteiger partial charge >= 0.3 is 24.1 Å². The Kier molecular flexibility index (Phi) is 15.2. The highest BCUT2D eigenvalue weighted by Crippen LogP contribution is 2.21. The molecule has 0 spiro atoms. The van der Waals surface area contributed by atoms with E-state index in [2.05, 4.69) is 39.3 Å². The highest BCUT2D eigenvalue weighted by Gasteiger charge is 2.40. The first kappa shape index (κ1) is 40.2. The first-order chi connectivity index (χ1) is 26.1. The Morgan fingerprint density at radius 1 is 0.852 bits per heavy atom. The molecule has 1 aromatic heterocycles. The first-order valence-electron chi connectivity index (χ1n) is 16.9. The van der Waals surface area contributed by atoms with E-state index in [1.54, 1.807) is 30.3 Å². The third-order valence-electron chi connectivity index (χ3n) is 8.17. The number of esters is 2. The molecule has 15 nitrogen and oxygen atoms in total. The van der Waals surface area contributed by atoms with E-state index < -0.39 is 36.2 Å². The van der Waals surface area contributed by atoms with Crippen molar-refractivity contribution in [1.82, 2.24) is 20.5 Å². The van der Waals surface area contributed by atoms with E-state index in [0.29, 0.717) is 35.5 Å². The van der Waals surface area contributed by atoms with Crippen LogP contribution in [-0.4, -0.2) is 86.0 Å². The molecule has 15 heteroatoms. The van der Waals surface area contributed by atoms with Crippen LogP contribution in [-0.2, 0) is 59.3 Å². The maximum Gasteiger partial charge on any atom is 0.408 e. The molecule has 0 saturated carbocycles. The maximum absolute atomic E-state index is 13.1. The smallest absolute Gasteiger partial charge is 0.408 e. The number of benzene rings is 2. The number of nitrogen functional groups attached to an aromatic ring is 1. The van der Waals surface area contributed by atoms with Gasteiger partial charge in [0.25, 0.3) is 0 Å². The number of hydrogen-bond donors (Lipinski definition) is 4. The predicted molar refractivity (Wildman–Crippen MR) is 196 cm³/mol. The highest BCUT2D eigenvalue weighted by molar-refractivity contribution is 5.85. The van der Waals surface area contributed by atoms with Crippen LogP contribution in [0.4, 0.5) is 15.4 Å². The minimum absolute atomic E-state index is 0.0343. The number of anilines is 1. The van der Waals surface area contributed by atoms with Gasteiger partial charge in [0.05, 0.1) is 26.7 Å². The number of pyridine rings is 1. The number of amides is 3. The lowest BCUT2D eigenvalue weighted by Gasteiger charge is -2.22. The average Bonchev–Trinajstić information content (AvgIpc) is 3.60. The number of methoxy groups -OCH3 is 2. The van der Waals surface area contributed by atoms with Gasteiger partial charge in [-0.15, -0.1) is 0 Å². The van der Waals surface area contributed by atoms with E-state index in [1.165, 1.54) is 25.3 Å². The second-order valence-electron chi connectivity index (χ2n) is 12.1. The number of carbonyl (C=O) groups excluding carboxylic acids is 5. The number of hydrogen-bond acceptors (Lipinski definition) is 12. The Morgan fingerprint density at radius 2 is 1.52 bits per heavy atom. The number of nitrogens with one attached hydrogen (secondary N) is 2. The average molecular weight is 739 g/mol. The van der Waals surface area contributed by atoms with Gasteiger partial charge in [-0.2, -0.15) is 0 Å². The van der Waals surface area contributed by atoms with Gasteiger partial charge in [-0.05, 0) is 59.0 Å². The van der Waals surface area contributed by atoms with Crippen LogP contribution in [0.2, 0.25) is 0 Å². The molecule has 4 rings (SSSR count). The minimum atomic E-state index is -0.844. The Morgan fingerprint density at radius 3 is 2.15 bits per heavy atom. The molecule has 3 aromatic rings. The van der Waals surface area contributed by atoms with Gasteiger partial charge in [0.15, 0.2) is 13.2 Å². The van der Waals surface area contributed by atoms with Gasteiger partial charge in [0.2, 0.25) is 5.91 Å². The van der Waals surface area contributed by atoms with E-state index in [0.717, 1.165) is 16.7 Å². The predicted octanol–water partition coefficient (Wildman–Crippen LogP) is 1.97. The van der Waals surface area contributed by atoms with Gasteiger partial charge in [0.1, 0.15) is 11.9 Å². The Bertz CT molecular complexity index is 1950. The summed E-state index contributed by atoms with van der Waals surface area (Å²) in [5, 5.41) is 5.30. The second-order valence-corrected chi connectivity index (χ2v) is 12.1. The number of likely N-dealkylation sites (tertiary alicyclic amines) is 1. The Balaban J connectivity index is 1.29. The molecule has 54 heavy (non-hydrogen) atoms. The van der Waals surface area contributed by atoms with Crippen molar-refractivity contribution < 1.29 is 42.9 Å². The lowest BCUT2D eigenvalue weighted by molar-refractivity contribution is -0.150. The van der Waals surface area contributed by atoms with Gasteiger partial charge in [-0.3, -0.25) is 9.59 Å². The number of carbonyl (C=O) groups is 5. The van der Waals surface area contributed by atoms with Crippen LogP contribution in [0.5, 0.6) is 0 Å². The number of nitrogens with two attached hydrogens (primary N) is 2. The van der Waals surface area contributed by atoms with E-state index >= 15 is 0 Å². The van der Waals surface area contributed by atoms with Gasteiger partial charge in [-0.25, -0.2) is 19.4 Å². The molecule has 282 valence electrons. The summed E-state index contributed by atoms with van der Waals surface area (Å²) < 4.78 is 20.1. The lowest BCUT2D eigenvalue weighted by atomic mass is 10.0. The van der Waals surface area contributed by atoms with E-state index in [9.17, 15) is 24.0 Å². The Labute approximate surface area is 313 Å². The second kappa shape index (κ2) is 20.5. The molecule has 0 aliphatic carbocycles. The van der Waals surface area contributed by atoms with Crippen molar-refractivity contribution in [2.24, 2.45) is 5.73 Å². The zero-order valence-electron chi connectivity index (χ0n) is 30.0. The van der Waals surface area contributed by atoms with Gasteiger partial charge < -0.3 is 45.9 Å². The number of nitrogens with zero attached hydrogens (tertiary/aromatic N) is 2. The summed E-state index contributed by atoms with van der Waals surface area (Å²) in [6, 6.07) is 14.6. The summed E-state index contributed by atoms with van der Waals surface area (Å²) >= 11 is 0. The largest absolute Gasteiger partial charge is 0.469 e. The molecule has 2 heterocycles. The van der Waals surface area contributed by atoms with E-state index in [-0.39, 0.29) is 51.5 Å². The van der Waals surface area contributed by atoms with Crippen LogP contribution < -0.4 is 22.1 Å². The number of ether oxygens (including phenoxy) is 4. The summed E-state index contributed by atoms with van der Waals surface area (Å²) in [4.78, 5) is 67.6. The molecule has 1 saturated heterocycles.